The van der Waals surface area contributed by atoms with Crippen LogP contribution in [0.4, 0.5) is 17.1 Å². The fraction of sp³-hybridized carbons (Fsp3) is 0.250. The number of benzene rings is 5. The maximum atomic E-state index is 6.52. The smallest absolute Gasteiger partial charge is 0.216 e. The average Bonchev–Trinajstić information content (AvgIpc) is 3.43. The van der Waals surface area contributed by atoms with Crippen molar-refractivity contribution < 1.29 is 25.8 Å². The van der Waals surface area contributed by atoms with Crippen LogP contribution in [0.3, 0.4) is 0 Å². The van der Waals surface area contributed by atoms with Gasteiger partial charge in [-0.2, -0.15) is 36.5 Å². The zero-order chi connectivity index (χ0) is 36.8. The van der Waals surface area contributed by atoms with Crippen LogP contribution in [0.25, 0.3) is 0 Å². The van der Waals surface area contributed by atoms with Gasteiger partial charge in [0.25, 0.3) is 0 Å². The third-order valence-electron chi connectivity index (χ3n) is 10.3. The van der Waals surface area contributed by atoms with E-state index >= 15 is 0 Å². The maximum absolute atomic E-state index is 6.52. The number of hydrogen-bond donors (Lipinski definition) is 0. The molecule has 2 heterocycles. The van der Waals surface area contributed by atoms with Gasteiger partial charge in [0.05, 0.1) is 0 Å². The Morgan fingerprint density at radius 2 is 1.21 bits per heavy atom. The molecule has 0 fully saturated rings. The summed E-state index contributed by atoms with van der Waals surface area (Å²) in [6.07, 6.45) is 1.82. The second-order valence-electron chi connectivity index (χ2n) is 16.1. The molecule has 5 aromatic carbocycles. The molecule has 0 spiro atoms. The third-order valence-corrected chi connectivity index (χ3v) is 10.3. The number of aromatic nitrogens is 1. The molecule has 0 saturated heterocycles. The summed E-state index contributed by atoms with van der Waals surface area (Å²) in [6, 6.07) is 48.8. The molecule has 0 radical (unpaired) electrons. The molecule has 7 rings (SSSR count). The van der Waals surface area contributed by atoms with E-state index in [-0.39, 0.29) is 31.9 Å². The summed E-state index contributed by atoms with van der Waals surface area (Å²) in [4.78, 5) is 9.08. The van der Waals surface area contributed by atoms with E-state index < -0.39 is 5.41 Å². The molecule has 0 N–H and O–H groups in total. The molecule has 0 aliphatic carbocycles. The predicted octanol–water partition coefficient (Wildman–Crippen LogP) is 11.8. The molecule has 53 heavy (non-hydrogen) atoms. The van der Waals surface area contributed by atoms with Crippen LogP contribution in [0.2, 0.25) is 0 Å². The molecular formula is C48H48N3OPt-3. The van der Waals surface area contributed by atoms with E-state index in [0.29, 0.717) is 11.6 Å². The summed E-state index contributed by atoms with van der Waals surface area (Å²) in [5.41, 5.74) is 11.5. The van der Waals surface area contributed by atoms with Crippen LogP contribution in [-0.4, -0.2) is 12.0 Å². The van der Waals surface area contributed by atoms with Gasteiger partial charge in [-0.15, -0.1) is 35.0 Å². The molecule has 6 aromatic rings. The van der Waals surface area contributed by atoms with E-state index in [1.807, 2.05) is 18.3 Å². The summed E-state index contributed by atoms with van der Waals surface area (Å²) in [5.74, 6) is 1.15. The third kappa shape index (κ3) is 7.31. The SMILES string of the molecule is Cc1cc2c(cc1C)N(c1[c-]c(C(c3[c-]c(Oc4cc(C(C)(C)C)ccn4)ccc3)(c3ccccc3)c3ccccc3)cc(C(C)(C)C)c1)[CH-]N2C.[Pt]. The van der Waals surface area contributed by atoms with Crippen molar-refractivity contribution in [3.63, 3.8) is 0 Å². The second kappa shape index (κ2) is 14.6. The van der Waals surface area contributed by atoms with Crippen LogP contribution in [-0.2, 0) is 37.3 Å². The van der Waals surface area contributed by atoms with Gasteiger partial charge in [-0.25, -0.2) is 4.98 Å². The Kier molecular flexibility index (Phi) is 10.5. The van der Waals surface area contributed by atoms with Gasteiger partial charge in [0.15, 0.2) is 0 Å². The van der Waals surface area contributed by atoms with Crippen LogP contribution in [0.15, 0.2) is 121 Å². The Morgan fingerprint density at radius 1 is 0.604 bits per heavy atom. The van der Waals surface area contributed by atoms with Crippen LogP contribution in [0.1, 0.15) is 86.1 Å². The molecule has 0 bridgehead atoms. The van der Waals surface area contributed by atoms with Crippen molar-refractivity contribution in [1.82, 2.24) is 4.98 Å². The molecule has 274 valence electrons. The van der Waals surface area contributed by atoms with Crippen LogP contribution >= 0.6 is 0 Å². The van der Waals surface area contributed by atoms with Gasteiger partial charge in [0.1, 0.15) is 0 Å². The van der Waals surface area contributed by atoms with E-state index in [9.17, 15) is 0 Å². The Balaban J connectivity index is 0.00000481. The Bertz CT molecular complexity index is 2180. The molecule has 1 aliphatic rings. The first kappa shape index (κ1) is 38.1. The van der Waals surface area contributed by atoms with E-state index in [2.05, 4.69) is 199 Å². The van der Waals surface area contributed by atoms with Gasteiger partial charge in [-0.1, -0.05) is 102 Å². The van der Waals surface area contributed by atoms with Gasteiger partial charge in [0.2, 0.25) is 5.88 Å². The summed E-state index contributed by atoms with van der Waals surface area (Å²) in [5, 5.41) is 0. The first-order chi connectivity index (χ1) is 24.7. The second-order valence-corrected chi connectivity index (χ2v) is 16.1. The van der Waals surface area contributed by atoms with Crippen LogP contribution in [0, 0.1) is 32.6 Å². The number of ether oxygens (including phenoxy) is 1. The van der Waals surface area contributed by atoms with Gasteiger partial charge >= 0.3 is 0 Å². The van der Waals surface area contributed by atoms with Gasteiger partial charge < -0.3 is 14.5 Å². The van der Waals surface area contributed by atoms with Crippen molar-refractivity contribution in [1.29, 1.82) is 0 Å². The van der Waals surface area contributed by atoms with Crippen molar-refractivity contribution in [2.24, 2.45) is 0 Å². The van der Waals surface area contributed by atoms with E-state index in [4.69, 9.17) is 4.74 Å². The molecule has 0 unspecified atom stereocenters. The van der Waals surface area contributed by atoms with Crippen molar-refractivity contribution >= 4 is 17.1 Å². The van der Waals surface area contributed by atoms with Crippen LogP contribution in [0.5, 0.6) is 11.6 Å². The zero-order valence-corrected chi connectivity index (χ0v) is 34.5. The largest absolute Gasteiger partial charge is 0.504 e. The monoisotopic (exact) mass is 877 g/mol. The fourth-order valence-corrected chi connectivity index (χ4v) is 7.15. The Morgan fingerprint density at radius 3 is 1.81 bits per heavy atom. The molecule has 0 amide bonds. The summed E-state index contributed by atoms with van der Waals surface area (Å²) in [7, 11) is 2.12. The number of fused-ring (bicyclic) bond motifs is 1. The molecule has 0 atom stereocenters. The number of hydrogen-bond acceptors (Lipinski definition) is 4. The van der Waals surface area contributed by atoms with E-state index in [0.717, 1.165) is 39.2 Å². The molecule has 1 aliphatic heterocycles. The number of pyridine rings is 1. The quantitative estimate of drug-likeness (QED) is 0.118. The molecule has 4 nitrogen and oxygen atoms in total. The van der Waals surface area contributed by atoms with Crippen molar-refractivity contribution in [3.8, 4) is 11.6 Å². The Labute approximate surface area is 331 Å². The van der Waals surface area contributed by atoms with Gasteiger partial charge in [-0.05, 0) is 77.7 Å². The maximum Gasteiger partial charge on any atom is 0.216 e. The van der Waals surface area contributed by atoms with Gasteiger partial charge in [-0.3, -0.25) is 0 Å². The minimum atomic E-state index is -0.795. The number of anilines is 3. The predicted molar refractivity (Wildman–Crippen MR) is 215 cm³/mol. The van der Waals surface area contributed by atoms with Crippen LogP contribution < -0.4 is 14.5 Å². The summed E-state index contributed by atoms with van der Waals surface area (Å²) in [6.45, 7) is 20.0. The number of rotatable bonds is 7. The topological polar surface area (TPSA) is 28.6 Å². The molecule has 1 aromatic heterocycles. The Hall–Kier alpha value is -4.66. The fourth-order valence-electron chi connectivity index (χ4n) is 7.15. The standard InChI is InChI=1S/C48H48N3O.Pt/c1-33-25-43-44(26-34(33)2)51(32-50(43)9)41-28-39(47(6,7)8)27-40(29-41)48(35-17-12-10-13-18-35,36-19-14-11-15-20-36)38-21-16-22-42(30-38)52-45-31-37(23-24-49-45)46(3,4)5;/h10-28,31-32H,1-9H3;/q-3;. The van der Waals surface area contributed by atoms with Gasteiger partial charge in [0, 0.05) is 55.9 Å². The van der Waals surface area contributed by atoms with E-state index in [1.54, 1.807) is 0 Å². The summed E-state index contributed by atoms with van der Waals surface area (Å²) < 4.78 is 6.52. The number of nitrogens with zero attached hydrogens (tertiary/aromatic N) is 3. The first-order valence-electron chi connectivity index (χ1n) is 18.1. The minimum absolute atomic E-state index is 0. The average molecular weight is 878 g/mol. The summed E-state index contributed by atoms with van der Waals surface area (Å²) >= 11 is 0. The zero-order valence-electron chi connectivity index (χ0n) is 32.2. The van der Waals surface area contributed by atoms with Crippen molar-refractivity contribution in [3.05, 3.63) is 185 Å². The minimum Gasteiger partial charge on any atom is -0.504 e. The number of aryl methyl sites for hydroxylation is 2. The van der Waals surface area contributed by atoms with Crippen molar-refractivity contribution in [2.75, 3.05) is 16.8 Å². The molecule has 5 heteroatoms. The molecule has 0 saturated carbocycles. The molecular weight excluding hydrogens is 830 g/mol. The van der Waals surface area contributed by atoms with Crippen molar-refractivity contribution in [2.45, 2.75) is 71.6 Å². The van der Waals surface area contributed by atoms with E-state index in [1.165, 1.54) is 22.4 Å². The normalized spacial score (nSPS) is 13.1. The first-order valence-corrected chi connectivity index (χ1v) is 18.1.